The van der Waals surface area contributed by atoms with Crippen molar-refractivity contribution in [3.63, 3.8) is 0 Å². The summed E-state index contributed by atoms with van der Waals surface area (Å²) in [6, 6.07) is 12.1. The Labute approximate surface area is 166 Å². The quantitative estimate of drug-likeness (QED) is 0.448. The van der Waals surface area contributed by atoms with Gasteiger partial charge >= 0.3 is 0 Å². The maximum atomic E-state index is 12.4. The van der Waals surface area contributed by atoms with Crippen molar-refractivity contribution >= 4 is 35.1 Å². The van der Waals surface area contributed by atoms with Crippen LogP contribution in [-0.2, 0) is 0 Å². The summed E-state index contributed by atoms with van der Waals surface area (Å²) in [5.74, 6) is 0.902. The first kappa shape index (κ1) is 19.0. The largest absolute Gasteiger partial charge is 0.493 e. The Hall–Kier alpha value is -2.76. The summed E-state index contributed by atoms with van der Waals surface area (Å²) >= 11 is 12.0. The van der Waals surface area contributed by atoms with Crippen LogP contribution < -0.4 is 9.47 Å². The SMILES string of the molecule is COc1ccc(C(=O)C=Cc2cc(-c3ccc(Cl)c(Cl)c3)n[nH]2)cc1OC. The maximum absolute atomic E-state index is 12.4. The number of carbonyl (C=O) groups is 1. The number of aromatic nitrogens is 2. The van der Waals surface area contributed by atoms with Gasteiger partial charge in [-0.15, -0.1) is 0 Å². The summed E-state index contributed by atoms with van der Waals surface area (Å²) in [6.07, 6.45) is 3.13. The zero-order valence-corrected chi connectivity index (χ0v) is 16.1. The number of rotatable bonds is 6. The van der Waals surface area contributed by atoms with Crippen LogP contribution >= 0.6 is 23.2 Å². The van der Waals surface area contributed by atoms with E-state index >= 15 is 0 Å². The van der Waals surface area contributed by atoms with Crippen LogP contribution in [0.4, 0.5) is 0 Å². The molecule has 0 saturated heterocycles. The molecule has 1 heterocycles. The molecule has 7 heteroatoms. The fourth-order valence-corrected chi connectivity index (χ4v) is 2.77. The smallest absolute Gasteiger partial charge is 0.186 e. The molecule has 27 heavy (non-hydrogen) atoms. The summed E-state index contributed by atoms with van der Waals surface area (Å²) < 4.78 is 10.4. The van der Waals surface area contributed by atoms with Crippen LogP contribution in [0.2, 0.25) is 10.0 Å². The van der Waals surface area contributed by atoms with Crippen LogP contribution in [0.15, 0.2) is 48.5 Å². The van der Waals surface area contributed by atoms with Crippen molar-refractivity contribution in [2.75, 3.05) is 14.2 Å². The molecule has 0 fully saturated rings. The molecule has 0 saturated carbocycles. The van der Waals surface area contributed by atoms with Crippen LogP contribution in [-0.4, -0.2) is 30.2 Å². The Morgan fingerprint density at radius 3 is 2.48 bits per heavy atom. The summed E-state index contributed by atoms with van der Waals surface area (Å²) in [5.41, 5.74) is 2.70. The van der Waals surface area contributed by atoms with Crippen LogP contribution in [0.25, 0.3) is 17.3 Å². The van der Waals surface area contributed by atoms with E-state index in [9.17, 15) is 4.79 Å². The van der Waals surface area contributed by atoms with Gasteiger partial charge in [0.2, 0.25) is 0 Å². The van der Waals surface area contributed by atoms with E-state index in [4.69, 9.17) is 32.7 Å². The number of methoxy groups -OCH3 is 2. The van der Waals surface area contributed by atoms with E-state index < -0.39 is 0 Å². The Kier molecular flexibility index (Phi) is 5.84. The Bertz CT molecular complexity index is 1010. The molecular formula is C20H16Cl2N2O3. The van der Waals surface area contributed by atoms with Crippen molar-refractivity contribution < 1.29 is 14.3 Å². The molecule has 0 aliphatic carbocycles. The highest BCUT2D eigenvalue weighted by molar-refractivity contribution is 6.42. The van der Waals surface area contributed by atoms with Crippen molar-refractivity contribution in [2.45, 2.75) is 0 Å². The molecule has 138 valence electrons. The van der Waals surface area contributed by atoms with Gasteiger partial charge in [-0.2, -0.15) is 5.10 Å². The molecule has 0 unspecified atom stereocenters. The maximum Gasteiger partial charge on any atom is 0.186 e. The van der Waals surface area contributed by atoms with Crippen molar-refractivity contribution in [1.29, 1.82) is 0 Å². The Morgan fingerprint density at radius 1 is 1.00 bits per heavy atom. The molecule has 0 amide bonds. The number of hydrogen-bond acceptors (Lipinski definition) is 4. The Balaban J connectivity index is 1.77. The molecule has 1 aromatic heterocycles. The van der Waals surface area contributed by atoms with Gasteiger partial charge in [0.1, 0.15) is 0 Å². The highest BCUT2D eigenvalue weighted by atomic mass is 35.5. The number of aromatic amines is 1. The first-order chi connectivity index (χ1) is 13.0. The first-order valence-electron chi connectivity index (χ1n) is 7.97. The van der Waals surface area contributed by atoms with Gasteiger partial charge in [-0.1, -0.05) is 29.3 Å². The fraction of sp³-hybridized carbons (Fsp3) is 0.100. The van der Waals surface area contributed by atoms with E-state index in [-0.39, 0.29) is 5.78 Å². The molecule has 2 aromatic carbocycles. The number of nitrogens with zero attached hydrogens (tertiary/aromatic N) is 1. The third-order valence-electron chi connectivity index (χ3n) is 3.90. The van der Waals surface area contributed by atoms with Gasteiger partial charge in [-0.05, 0) is 48.6 Å². The standard InChI is InChI=1S/C20H16Cl2N2O3/c1-26-19-8-4-13(10-20(19)27-2)18(25)7-5-14-11-17(24-23-14)12-3-6-15(21)16(22)9-12/h3-11H,1-2H3,(H,23,24). The van der Waals surface area contributed by atoms with Gasteiger partial charge in [-0.25, -0.2) is 0 Å². The number of nitrogens with one attached hydrogen (secondary N) is 1. The molecule has 1 N–H and O–H groups in total. The number of H-pyrrole nitrogens is 1. The van der Waals surface area contributed by atoms with Crippen molar-refractivity contribution in [3.05, 3.63) is 69.8 Å². The van der Waals surface area contributed by atoms with Gasteiger partial charge < -0.3 is 9.47 Å². The van der Waals surface area contributed by atoms with Crippen molar-refractivity contribution in [3.8, 4) is 22.8 Å². The van der Waals surface area contributed by atoms with Crippen LogP contribution in [0, 0.1) is 0 Å². The second-order valence-corrected chi connectivity index (χ2v) is 6.42. The molecular weight excluding hydrogens is 387 g/mol. The second-order valence-electron chi connectivity index (χ2n) is 5.60. The summed E-state index contributed by atoms with van der Waals surface area (Å²) in [4.78, 5) is 12.4. The minimum Gasteiger partial charge on any atom is -0.493 e. The summed E-state index contributed by atoms with van der Waals surface area (Å²) in [6.45, 7) is 0. The molecule has 3 aromatic rings. The summed E-state index contributed by atoms with van der Waals surface area (Å²) in [7, 11) is 3.07. The van der Waals surface area contributed by atoms with Gasteiger partial charge in [0, 0.05) is 11.1 Å². The van der Waals surface area contributed by atoms with Gasteiger partial charge in [0.05, 0.1) is 35.7 Å². The van der Waals surface area contributed by atoms with E-state index in [1.165, 1.54) is 13.2 Å². The fourth-order valence-electron chi connectivity index (χ4n) is 2.48. The third-order valence-corrected chi connectivity index (χ3v) is 4.63. The molecule has 0 radical (unpaired) electrons. The number of allylic oxidation sites excluding steroid dienone is 1. The zero-order valence-electron chi connectivity index (χ0n) is 14.6. The van der Waals surface area contributed by atoms with Gasteiger partial charge in [0.15, 0.2) is 17.3 Å². The molecule has 0 atom stereocenters. The minimum absolute atomic E-state index is 0.165. The number of ether oxygens (including phenoxy) is 2. The number of ketones is 1. The predicted molar refractivity (Wildman–Crippen MR) is 107 cm³/mol. The molecule has 0 bridgehead atoms. The average Bonchev–Trinajstić information content (AvgIpc) is 3.16. The van der Waals surface area contributed by atoms with Crippen molar-refractivity contribution in [1.82, 2.24) is 10.2 Å². The minimum atomic E-state index is -0.165. The lowest BCUT2D eigenvalue weighted by Gasteiger charge is -2.07. The monoisotopic (exact) mass is 402 g/mol. The van der Waals surface area contributed by atoms with Gasteiger partial charge in [0.25, 0.3) is 0 Å². The lowest BCUT2D eigenvalue weighted by molar-refractivity contribution is 0.104. The number of carbonyl (C=O) groups excluding carboxylic acids is 1. The van der Waals surface area contributed by atoms with E-state index in [1.54, 1.807) is 43.5 Å². The van der Waals surface area contributed by atoms with Crippen LogP contribution in [0.5, 0.6) is 11.5 Å². The van der Waals surface area contributed by atoms with Crippen molar-refractivity contribution in [2.24, 2.45) is 0 Å². The summed E-state index contributed by atoms with van der Waals surface area (Å²) in [5, 5.41) is 8.05. The molecule has 0 aliphatic rings. The first-order valence-corrected chi connectivity index (χ1v) is 8.72. The molecule has 0 spiro atoms. The number of benzene rings is 2. The van der Waals surface area contributed by atoms with Gasteiger partial charge in [-0.3, -0.25) is 9.89 Å². The normalized spacial score (nSPS) is 11.0. The molecule has 5 nitrogen and oxygen atoms in total. The topological polar surface area (TPSA) is 64.2 Å². The van der Waals surface area contributed by atoms with E-state index in [2.05, 4.69) is 10.2 Å². The average molecular weight is 403 g/mol. The molecule has 3 rings (SSSR count). The number of hydrogen-bond donors (Lipinski definition) is 1. The zero-order chi connectivity index (χ0) is 19.4. The highest BCUT2D eigenvalue weighted by Crippen LogP contribution is 2.29. The van der Waals surface area contributed by atoms with Crippen LogP contribution in [0.3, 0.4) is 0 Å². The lowest BCUT2D eigenvalue weighted by Crippen LogP contribution is -1.97. The second kappa shape index (κ2) is 8.29. The van der Waals surface area contributed by atoms with E-state index in [0.717, 1.165) is 5.56 Å². The molecule has 0 aliphatic heterocycles. The Morgan fingerprint density at radius 2 is 1.78 bits per heavy atom. The van der Waals surface area contributed by atoms with E-state index in [0.29, 0.717) is 38.5 Å². The predicted octanol–water partition coefficient (Wildman–Crippen LogP) is 5.30. The van der Waals surface area contributed by atoms with Crippen LogP contribution in [0.1, 0.15) is 16.1 Å². The highest BCUT2D eigenvalue weighted by Gasteiger charge is 2.09. The number of halogens is 2. The third kappa shape index (κ3) is 4.32. The van der Waals surface area contributed by atoms with E-state index in [1.807, 2.05) is 12.1 Å². The lowest BCUT2D eigenvalue weighted by atomic mass is 10.1.